The summed E-state index contributed by atoms with van der Waals surface area (Å²) in [5.41, 5.74) is 0. The average molecular weight is 296 g/mol. The second-order valence-corrected chi connectivity index (χ2v) is 6.48. The van der Waals surface area contributed by atoms with E-state index in [0.717, 1.165) is 51.1 Å². The van der Waals surface area contributed by atoms with Crippen LogP contribution in [0.2, 0.25) is 0 Å². The van der Waals surface area contributed by atoms with E-state index in [1.165, 1.54) is 12.8 Å². The first-order valence-electron chi connectivity index (χ1n) is 8.40. The SMILES string of the molecule is CCC1CCCN(C(=O)NC2CCCCC2C(=O)O)CC1. The molecule has 1 saturated carbocycles. The van der Waals surface area contributed by atoms with Crippen LogP contribution in [-0.4, -0.2) is 41.1 Å². The monoisotopic (exact) mass is 296 g/mol. The largest absolute Gasteiger partial charge is 0.481 e. The van der Waals surface area contributed by atoms with Crippen LogP contribution in [0.1, 0.15) is 58.3 Å². The summed E-state index contributed by atoms with van der Waals surface area (Å²) in [5, 5.41) is 12.3. The molecule has 2 fully saturated rings. The van der Waals surface area contributed by atoms with Crippen molar-refractivity contribution >= 4 is 12.0 Å². The number of urea groups is 1. The summed E-state index contributed by atoms with van der Waals surface area (Å²) in [7, 11) is 0. The minimum Gasteiger partial charge on any atom is -0.481 e. The van der Waals surface area contributed by atoms with E-state index in [1.54, 1.807) is 0 Å². The van der Waals surface area contributed by atoms with Gasteiger partial charge >= 0.3 is 12.0 Å². The van der Waals surface area contributed by atoms with Crippen molar-refractivity contribution in [2.24, 2.45) is 11.8 Å². The Bertz CT molecular complexity index is 373. The lowest BCUT2D eigenvalue weighted by Crippen LogP contribution is -2.50. The van der Waals surface area contributed by atoms with Gasteiger partial charge in [-0.2, -0.15) is 0 Å². The number of hydrogen-bond donors (Lipinski definition) is 2. The minimum atomic E-state index is -0.776. The number of carbonyl (C=O) groups is 2. The number of nitrogens with one attached hydrogen (secondary N) is 1. The van der Waals surface area contributed by atoms with Gasteiger partial charge in [0, 0.05) is 19.1 Å². The van der Waals surface area contributed by atoms with Crippen LogP contribution in [0.25, 0.3) is 0 Å². The zero-order chi connectivity index (χ0) is 15.2. The molecule has 0 aromatic carbocycles. The summed E-state index contributed by atoms with van der Waals surface area (Å²) in [4.78, 5) is 25.6. The fourth-order valence-corrected chi connectivity index (χ4v) is 3.63. The van der Waals surface area contributed by atoms with Gasteiger partial charge in [0.25, 0.3) is 0 Å². The highest BCUT2D eigenvalue weighted by atomic mass is 16.4. The zero-order valence-electron chi connectivity index (χ0n) is 13.0. The minimum absolute atomic E-state index is 0.0649. The molecule has 3 unspecified atom stereocenters. The number of likely N-dealkylation sites (tertiary alicyclic amines) is 1. The van der Waals surface area contributed by atoms with Crippen LogP contribution in [0, 0.1) is 11.8 Å². The molecule has 1 aliphatic heterocycles. The van der Waals surface area contributed by atoms with Gasteiger partial charge in [-0.1, -0.05) is 26.2 Å². The molecular formula is C16H28N2O3. The van der Waals surface area contributed by atoms with E-state index < -0.39 is 11.9 Å². The fraction of sp³-hybridized carbons (Fsp3) is 0.875. The van der Waals surface area contributed by atoms with E-state index in [0.29, 0.717) is 6.42 Å². The van der Waals surface area contributed by atoms with E-state index in [9.17, 15) is 14.7 Å². The standard InChI is InChI=1S/C16H28N2O3/c1-2-12-6-5-10-18(11-9-12)16(21)17-14-8-4-3-7-13(14)15(19)20/h12-14H,2-11H2,1H3,(H,17,21)(H,19,20). The normalized spacial score (nSPS) is 30.5. The average Bonchev–Trinajstić information content (AvgIpc) is 2.73. The summed E-state index contributed by atoms with van der Waals surface area (Å²) in [6, 6.07) is -0.265. The Morgan fingerprint density at radius 1 is 1.10 bits per heavy atom. The van der Waals surface area contributed by atoms with Crippen LogP contribution in [0.5, 0.6) is 0 Å². The maximum absolute atomic E-state index is 12.4. The number of nitrogens with zero attached hydrogens (tertiary/aromatic N) is 1. The van der Waals surface area contributed by atoms with Gasteiger partial charge in [-0.3, -0.25) is 4.79 Å². The van der Waals surface area contributed by atoms with Gasteiger partial charge < -0.3 is 15.3 Å². The van der Waals surface area contributed by atoms with E-state index in [2.05, 4.69) is 12.2 Å². The second kappa shape index (κ2) is 7.66. The molecule has 21 heavy (non-hydrogen) atoms. The van der Waals surface area contributed by atoms with Crippen LogP contribution in [0.15, 0.2) is 0 Å². The van der Waals surface area contributed by atoms with E-state index in [1.807, 2.05) is 4.90 Å². The molecule has 0 radical (unpaired) electrons. The second-order valence-electron chi connectivity index (χ2n) is 6.48. The molecule has 3 atom stereocenters. The summed E-state index contributed by atoms with van der Waals surface area (Å²) >= 11 is 0. The van der Waals surface area contributed by atoms with Gasteiger partial charge in [0.05, 0.1) is 5.92 Å². The lowest BCUT2D eigenvalue weighted by Gasteiger charge is -2.31. The topological polar surface area (TPSA) is 69.6 Å². The fourth-order valence-electron chi connectivity index (χ4n) is 3.63. The maximum Gasteiger partial charge on any atom is 0.317 e. The summed E-state index contributed by atoms with van der Waals surface area (Å²) in [5.74, 6) is -0.468. The van der Waals surface area contributed by atoms with Crippen molar-refractivity contribution in [3.8, 4) is 0 Å². The molecule has 1 aliphatic carbocycles. The number of carbonyl (C=O) groups excluding carboxylic acids is 1. The van der Waals surface area contributed by atoms with Gasteiger partial charge in [-0.05, 0) is 38.0 Å². The first-order chi connectivity index (χ1) is 10.1. The number of aliphatic carboxylic acids is 1. The molecule has 5 nitrogen and oxygen atoms in total. The third-order valence-electron chi connectivity index (χ3n) is 5.10. The Morgan fingerprint density at radius 3 is 2.57 bits per heavy atom. The van der Waals surface area contributed by atoms with Crippen molar-refractivity contribution in [3.05, 3.63) is 0 Å². The van der Waals surface area contributed by atoms with Crippen molar-refractivity contribution in [1.29, 1.82) is 0 Å². The molecule has 2 aliphatic rings. The van der Waals surface area contributed by atoms with Gasteiger partial charge in [-0.15, -0.1) is 0 Å². The Hall–Kier alpha value is -1.26. The highest BCUT2D eigenvalue weighted by Gasteiger charge is 2.33. The molecule has 0 spiro atoms. The molecule has 120 valence electrons. The van der Waals surface area contributed by atoms with E-state index in [4.69, 9.17) is 0 Å². The van der Waals surface area contributed by atoms with Gasteiger partial charge in [0.15, 0.2) is 0 Å². The third kappa shape index (κ3) is 4.35. The predicted molar refractivity (Wildman–Crippen MR) is 81.1 cm³/mol. The molecule has 2 N–H and O–H groups in total. The predicted octanol–water partition coefficient (Wildman–Crippen LogP) is 2.85. The number of carboxylic acid groups (broad SMARTS) is 1. The van der Waals surface area contributed by atoms with Crippen LogP contribution >= 0.6 is 0 Å². The lowest BCUT2D eigenvalue weighted by atomic mass is 9.84. The maximum atomic E-state index is 12.4. The van der Waals surface area contributed by atoms with Crippen molar-refractivity contribution in [1.82, 2.24) is 10.2 Å². The van der Waals surface area contributed by atoms with Gasteiger partial charge in [0.1, 0.15) is 0 Å². The number of amides is 2. The smallest absolute Gasteiger partial charge is 0.317 e. The van der Waals surface area contributed by atoms with Crippen molar-refractivity contribution < 1.29 is 14.7 Å². The van der Waals surface area contributed by atoms with Crippen molar-refractivity contribution in [2.45, 2.75) is 64.3 Å². The highest BCUT2D eigenvalue weighted by Crippen LogP contribution is 2.25. The summed E-state index contributed by atoms with van der Waals surface area (Å²) in [6.07, 6.45) is 7.92. The Balaban J connectivity index is 1.89. The first kappa shape index (κ1) is 16.1. The first-order valence-corrected chi connectivity index (χ1v) is 8.40. The van der Waals surface area contributed by atoms with E-state index in [-0.39, 0.29) is 12.1 Å². The summed E-state index contributed by atoms with van der Waals surface area (Å²) < 4.78 is 0. The summed E-state index contributed by atoms with van der Waals surface area (Å²) in [6.45, 7) is 3.81. The third-order valence-corrected chi connectivity index (χ3v) is 5.10. The van der Waals surface area contributed by atoms with Crippen LogP contribution in [0.3, 0.4) is 0 Å². The Labute approximate surface area is 127 Å². The molecule has 0 aromatic rings. The zero-order valence-corrected chi connectivity index (χ0v) is 13.0. The number of hydrogen-bond acceptors (Lipinski definition) is 2. The van der Waals surface area contributed by atoms with Crippen molar-refractivity contribution in [2.75, 3.05) is 13.1 Å². The molecular weight excluding hydrogens is 268 g/mol. The quantitative estimate of drug-likeness (QED) is 0.841. The van der Waals surface area contributed by atoms with Gasteiger partial charge in [-0.25, -0.2) is 4.79 Å². The van der Waals surface area contributed by atoms with E-state index >= 15 is 0 Å². The highest BCUT2D eigenvalue weighted by molar-refractivity contribution is 5.77. The Morgan fingerprint density at radius 2 is 1.86 bits per heavy atom. The molecule has 2 rings (SSSR count). The molecule has 5 heteroatoms. The molecule has 0 aromatic heterocycles. The van der Waals surface area contributed by atoms with Crippen molar-refractivity contribution in [3.63, 3.8) is 0 Å². The Kier molecular flexibility index (Phi) is 5.88. The molecule has 1 saturated heterocycles. The molecule has 2 amide bonds. The van der Waals surface area contributed by atoms with Crippen LogP contribution in [0.4, 0.5) is 4.79 Å². The number of carboxylic acids is 1. The van der Waals surface area contributed by atoms with Gasteiger partial charge in [0.2, 0.25) is 0 Å². The number of rotatable bonds is 3. The molecule has 0 bridgehead atoms. The van der Waals surface area contributed by atoms with Crippen LogP contribution in [-0.2, 0) is 4.79 Å². The lowest BCUT2D eigenvalue weighted by molar-refractivity contribution is -0.143. The molecule has 1 heterocycles. The van der Waals surface area contributed by atoms with Crippen LogP contribution < -0.4 is 5.32 Å².